The highest BCUT2D eigenvalue weighted by atomic mass is 16.3. The van der Waals surface area contributed by atoms with Crippen LogP contribution in [0.3, 0.4) is 0 Å². The summed E-state index contributed by atoms with van der Waals surface area (Å²) >= 11 is 0. The summed E-state index contributed by atoms with van der Waals surface area (Å²) in [5.41, 5.74) is 2.07. The molecule has 2 unspecified atom stereocenters. The van der Waals surface area contributed by atoms with Crippen molar-refractivity contribution in [3.63, 3.8) is 0 Å². The molecule has 0 spiro atoms. The summed E-state index contributed by atoms with van der Waals surface area (Å²) < 4.78 is 0. The first-order valence-electron chi connectivity index (χ1n) is 6.13. The maximum atomic E-state index is 9.32. The van der Waals surface area contributed by atoms with Crippen LogP contribution in [-0.4, -0.2) is 36.3 Å². The Morgan fingerprint density at radius 3 is 2.59 bits per heavy atom. The Bertz CT molecular complexity index is 324. The van der Waals surface area contributed by atoms with Crippen LogP contribution in [0.25, 0.3) is 0 Å². The van der Waals surface area contributed by atoms with Crippen LogP contribution < -0.4 is 10.2 Å². The van der Waals surface area contributed by atoms with Gasteiger partial charge in [-0.15, -0.1) is 0 Å². The molecule has 2 N–H and O–H groups in total. The van der Waals surface area contributed by atoms with Crippen LogP contribution in [0.4, 0.5) is 5.69 Å². The van der Waals surface area contributed by atoms with E-state index in [-0.39, 0.29) is 12.1 Å². The van der Waals surface area contributed by atoms with Crippen LogP contribution in [0.15, 0.2) is 18.3 Å². The lowest BCUT2D eigenvalue weighted by Gasteiger charge is -2.21. The van der Waals surface area contributed by atoms with E-state index in [2.05, 4.69) is 24.1 Å². The van der Waals surface area contributed by atoms with E-state index in [4.69, 9.17) is 0 Å². The molecule has 0 bridgehead atoms. The third kappa shape index (κ3) is 4.32. The van der Waals surface area contributed by atoms with Gasteiger partial charge in [-0.2, -0.15) is 0 Å². The zero-order valence-corrected chi connectivity index (χ0v) is 11.1. The molecule has 0 aliphatic rings. The van der Waals surface area contributed by atoms with Gasteiger partial charge < -0.3 is 15.3 Å². The Balaban J connectivity index is 2.67. The van der Waals surface area contributed by atoms with Crippen molar-refractivity contribution in [1.82, 2.24) is 10.3 Å². The lowest BCUT2D eigenvalue weighted by Crippen LogP contribution is -2.27. The number of aromatic nitrogens is 1. The second-order valence-corrected chi connectivity index (χ2v) is 4.45. The van der Waals surface area contributed by atoms with Crippen molar-refractivity contribution in [1.29, 1.82) is 0 Å². The van der Waals surface area contributed by atoms with Gasteiger partial charge in [0.25, 0.3) is 0 Å². The lowest BCUT2D eigenvalue weighted by molar-refractivity contribution is 0.201. The standard InChI is InChI=1S/C13H23N3O/c1-5-14-11(3)13-7-6-12(8-15-13)16(4)9-10(2)17/h6-8,10-11,14,17H,5,9H2,1-4H3. The van der Waals surface area contributed by atoms with Crippen molar-refractivity contribution in [2.45, 2.75) is 32.9 Å². The molecule has 1 aromatic rings. The molecule has 1 aromatic heterocycles. The van der Waals surface area contributed by atoms with Crippen molar-refractivity contribution >= 4 is 5.69 Å². The molecular formula is C13H23N3O. The predicted octanol–water partition coefficient (Wildman–Crippen LogP) is 1.57. The van der Waals surface area contributed by atoms with E-state index in [1.54, 1.807) is 6.92 Å². The second-order valence-electron chi connectivity index (χ2n) is 4.45. The minimum absolute atomic E-state index is 0.274. The van der Waals surface area contributed by atoms with Gasteiger partial charge in [0.05, 0.1) is 23.7 Å². The molecule has 17 heavy (non-hydrogen) atoms. The molecule has 0 aliphatic carbocycles. The number of pyridine rings is 1. The molecule has 96 valence electrons. The van der Waals surface area contributed by atoms with Crippen molar-refractivity contribution in [3.8, 4) is 0 Å². The summed E-state index contributed by atoms with van der Waals surface area (Å²) in [4.78, 5) is 6.44. The minimum Gasteiger partial charge on any atom is -0.392 e. The van der Waals surface area contributed by atoms with Gasteiger partial charge in [0.15, 0.2) is 0 Å². The molecule has 2 atom stereocenters. The maximum Gasteiger partial charge on any atom is 0.0686 e. The third-order valence-electron chi connectivity index (χ3n) is 2.70. The normalized spacial score (nSPS) is 14.4. The fraction of sp³-hybridized carbons (Fsp3) is 0.615. The van der Waals surface area contributed by atoms with Gasteiger partial charge in [-0.3, -0.25) is 4.98 Å². The Kier molecular flexibility index (Phi) is 5.38. The summed E-state index contributed by atoms with van der Waals surface area (Å²) in [5.74, 6) is 0. The largest absolute Gasteiger partial charge is 0.392 e. The summed E-state index contributed by atoms with van der Waals surface area (Å²) in [6, 6.07) is 4.34. The van der Waals surface area contributed by atoms with Crippen molar-refractivity contribution in [3.05, 3.63) is 24.0 Å². The van der Waals surface area contributed by atoms with Crippen LogP contribution in [-0.2, 0) is 0 Å². The Morgan fingerprint density at radius 1 is 1.41 bits per heavy atom. The monoisotopic (exact) mass is 237 g/mol. The number of anilines is 1. The van der Waals surface area contributed by atoms with E-state index in [1.165, 1.54) is 0 Å². The Hall–Kier alpha value is -1.13. The van der Waals surface area contributed by atoms with Crippen LogP contribution in [0.1, 0.15) is 32.5 Å². The van der Waals surface area contributed by atoms with Crippen LogP contribution >= 0.6 is 0 Å². The molecule has 4 heteroatoms. The van der Waals surface area contributed by atoms with Gasteiger partial charge in [0, 0.05) is 19.6 Å². The quantitative estimate of drug-likeness (QED) is 0.788. The first-order chi connectivity index (χ1) is 8.04. The fourth-order valence-corrected chi connectivity index (χ4v) is 1.79. The molecular weight excluding hydrogens is 214 g/mol. The zero-order valence-electron chi connectivity index (χ0n) is 11.1. The van der Waals surface area contributed by atoms with E-state index in [0.717, 1.165) is 17.9 Å². The molecule has 0 aromatic carbocycles. The van der Waals surface area contributed by atoms with Gasteiger partial charge in [-0.05, 0) is 32.5 Å². The van der Waals surface area contributed by atoms with Crippen LogP contribution in [0.5, 0.6) is 0 Å². The summed E-state index contributed by atoms with van der Waals surface area (Å²) in [6.07, 6.45) is 1.52. The van der Waals surface area contributed by atoms with Gasteiger partial charge in [-0.1, -0.05) is 6.92 Å². The molecule has 1 rings (SSSR count). The second kappa shape index (κ2) is 6.57. The average molecular weight is 237 g/mol. The maximum absolute atomic E-state index is 9.32. The molecule has 0 saturated heterocycles. The van der Waals surface area contributed by atoms with Gasteiger partial charge >= 0.3 is 0 Å². The highest BCUT2D eigenvalue weighted by Crippen LogP contribution is 2.15. The Morgan fingerprint density at radius 2 is 2.12 bits per heavy atom. The van der Waals surface area contributed by atoms with E-state index in [1.807, 2.05) is 30.3 Å². The number of aliphatic hydroxyl groups is 1. The number of nitrogens with one attached hydrogen (secondary N) is 1. The average Bonchev–Trinajstić information content (AvgIpc) is 2.28. The van der Waals surface area contributed by atoms with Gasteiger partial charge in [0.2, 0.25) is 0 Å². The summed E-state index contributed by atoms with van der Waals surface area (Å²) in [6.45, 7) is 7.52. The van der Waals surface area contributed by atoms with Gasteiger partial charge in [-0.25, -0.2) is 0 Å². The molecule has 1 heterocycles. The summed E-state index contributed by atoms with van der Waals surface area (Å²) in [5, 5.41) is 12.7. The Labute approximate surface area is 104 Å². The molecule has 0 aliphatic heterocycles. The van der Waals surface area contributed by atoms with Crippen molar-refractivity contribution in [2.75, 3.05) is 25.0 Å². The highest BCUT2D eigenvalue weighted by Gasteiger charge is 2.07. The first-order valence-corrected chi connectivity index (χ1v) is 6.13. The van der Waals surface area contributed by atoms with E-state index in [9.17, 15) is 5.11 Å². The number of aliphatic hydroxyl groups excluding tert-OH is 1. The predicted molar refractivity (Wildman–Crippen MR) is 71.3 cm³/mol. The lowest BCUT2D eigenvalue weighted by atomic mass is 10.2. The molecule has 0 saturated carbocycles. The van der Waals surface area contributed by atoms with Crippen LogP contribution in [0, 0.1) is 0 Å². The number of nitrogens with zero attached hydrogens (tertiary/aromatic N) is 2. The molecule has 0 amide bonds. The van der Waals surface area contributed by atoms with E-state index in [0.29, 0.717) is 6.54 Å². The molecule has 4 nitrogen and oxygen atoms in total. The number of rotatable bonds is 6. The number of hydrogen-bond donors (Lipinski definition) is 2. The van der Waals surface area contributed by atoms with Crippen LogP contribution in [0.2, 0.25) is 0 Å². The molecule has 0 fully saturated rings. The smallest absolute Gasteiger partial charge is 0.0686 e. The SMILES string of the molecule is CCNC(C)c1ccc(N(C)CC(C)O)cn1. The number of hydrogen-bond acceptors (Lipinski definition) is 4. The van der Waals surface area contributed by atoms with E-state index < -0.39 is 0 Å². The number of likely N-dealkylation sites (N-methyl/N-ethyl adjacent to an activating group) is 1. The third-order valence-corrected chi connectivity index (χ3v) is 2.70. The zero-order chi connectivity index (χ0) is 12.8. The minimum atomic E-state index is -0.333. The topological polar surface area (TPSA) is 48.4 Å². The fourth-order valence-electron chi connectivity index (χ4n) is 1.79. The highest BCUT2D eigenvalue weighted by molar-refractivity contribution is 5.43. The molecule has 0 radical (unpaired) electrons. The van der Waals surface area contributed by atoms with Gasteiger partial charge in [0.1, 0.15) is 0 Å². The van der Waals surface area contributed by atoms with E-state index >= 15 is 0 Å². The van der Waals surface area contributed by atoms with Crippen molar-refractivity contribution in [2.24, 2.45) is 0 Å². The van der Waals surface area contributed by atoms with Crippen molar-refractivity contribution < 1.29 is 5.11 Å². The summed E-state index contributed by atoms with van der Waals surface area (Å²) in [7, 11) is 1.96. The first kappa shape index (κ1) is 13.9.